The van der Waals surface area contributed by atoms with Crippen LogP contribution in [0.5, 0.6) is 0 Å². The van der Waals surface area contributed by atoms with Crippen LogP contribution in [-0.2, 0) is 0 Å². The number of piperidine rings is 1. The fourth-order valence-corrected chi connectivity index (χ4v) is 4.08. The number of hydrogen-bond donors (Lipinski definition) is 1. The van der Waals surface area contributed by atoms with Crippen LogP contribution in [0.2, 0.25) is 5.02 Å². The van der Waals surface area contributed by atoms with Crippen LogP contribution in [0.1, 0.15) is 26.2 Å². The zero-order chi connectivity index (χ0) is 20.2. The van der Waals surface area contributed by atoms with Crippen LogP contribution in [0.4, 0.5) is 22.1 Å². The number of rotatable bonds is 3. The van der Waals surface area contributed by atoms with Gasteiger partial charge in [0.05, 0.1) is 0 Å². The van der Waals surface area contributed by atoms with Crippen LogP contribution in [0.25, 0.3) is 0 Å². The molecule has 3 heterocycles. The van der Waals surface area contributed by atoms with E-state index in [1.54, 1.807) is 24.3 Å². The Balaban J connectivity index is 1.31. The van der Waals surface area contributed by atoms with Crippen molar-refractivity contribution in [2.75, 3.05) is 47.8 Å². The summed E-state index contributed by atoms with van der Waals surface area (Å²) in [5.41, 5.74) is 0.746. The van der Waals surface area contributed by atoms with Crippen LogP contribution in [0.3, 0.4) is 0 Å². The molecule has 2 aliphatic rings. The molecule has 1 aromatic heterocycles. The predicted octanol–water partition coefficient (Wildman–Crippen LogP) is 3.86. The summed E-state index contributed by atoms with van der Waals surface area (Å²) >= 11 is 5.89. The molecule has 0 spiro atoms. The normalized spacial score (nSPS) is 19.9. The van der Waals surface area contributed by atoms with Gasteiger partial charge in [-0.05, 0) is 62.6 Å². The second-order valence-corrected chi connectivity index (χ2v) is 8.14. The molecule has 0 saturated carbocycles. The van der Waals surface area contributed by atoms with Gasteiger partial charge in [-0.2, -0.15) is 0 Å². The van der Waals surface area contributed by atoms with Gasteiger partial charge in [-0.1, -0.05) is 11.6 Å². The lowest BCUT2D eigenvalue weighted by Crippen LogP contribution is -2.50. The zero-order valence-electron chi connectivity index (χ0n) is 16.7. The molecule has 0 radical (unpaired) electrons. The number of nitrogens with zero attached hydrogens (tertiary/aromatic N) is 5. The summed E-state index contributed by atoms with van der Waals surface area (Å²) in [5.74, 6) is 1.83. The first kappa shape index (κ1) is 19.8. The van der Waals surface area contributed by atoms with E-state index in [0.717, 1.165) is 37.0 Å². The molecule has 1 aromatic carbocycles. The fraction of sp³-hybridized carbons (Fsp3) is 0.476. The standard InChI is InChI=1S/C21H27ClN6O/c1-16-4-2-3-11-28(16)20-10-9-19(24-25-20)26-12-14-27(15-13-26)21(29)23-18-7-5-17(22)6-8-18/h5-10,16H,2-4,11-15H2,1H3,(H,23,29). The third-order valence-corrected chi connectivity index (χ3v) is 5.97. The Morgan fingerprint density at radius 2 is 1.66 bits per heavy atom. The summed E-state index contributed by atoms with van der Waals surface area (Å²) in [6.07, 6.45) is 3.72. The Hall–Kier alpha value is -2.54. The Bertz CT molecular complexity index is 820. The van der Waals surface area contributed by atoms with Crippen molar-refractivity contribution in [2.45, 2.75) is 32.2 Å². The molecule has 7 nitrogen and oxygen atoms in total. The highest BCUT2D eigenvalue weighted by atomic mass is 35.5. The van der Waals surface area contributed by atoms with Gasteiger partial charge in [0.25, 0.3) is 0 Å². The number of carbonyl (C=O) groups is 1. The van der Waals surface area contributed by atoms with Gasteiger partial charge in [-0.15, -0.1) is 10.2 Å². The quantitative estimate of drug-likeness (QED) is 0.826. The predicted molar refractivity (Wildman–Crippen MR) is 117 cm³/mol. The Morgan fingerprint density at radius 3 is 2.31 bits per heavy atom. The van der Waals surface area contributed by atoms with E-state index in [1.807, 2.05) is 11.0 Å². The Labute approximate surface area is 176 Å². The maximum atomic E-state index is 12.5. The average Bonchev–Trinajstić information content (AvgIpc) is 2.76. The van der Waals surface area contributed by atoms with Crippen molar-refractivity contribution in [2.24, 2.45) is 0 Å². The first-order chi connectivity index (χ1) is 14.1. The topological polar surface area (TPSA) is 64.6 Å². The molecule has 2 fully saturated rings. The maximum absolute atomic E-state index is 12.5. The summed E-state index contributed by atoms with van der Waals surface area (Å²) in [5, 5.41) is 12.5. The van der Waals surface area contributed by atoms with Gasteiger partial charge in [-0.25, -0.2) is 4.79 Å². The van der Waals surface area contributed by atoms with Crippen LogP contribution >= 0.6 is 11.6 Å². The number of aromatic nitrogens is 2. The molecule has 8 heteroatoms. The lowest BCUT2D eigenvalue weighted by Gasteiger charge is -2.36. The highest BCUT2D eigenvalue weighted by molar-refractivity contribution is 6.30. The summed E-state index contributed by atoms with van der Waals surface area (Å²) in [7, 11) is 0. The van der Waals surface area contributed by atoms with E-state index in [2.05, 4.69) is 38.3 Å². The monoisotopic (exact) mass is 414 g/mol. The number of hydrogen-bond acceptors (Lipinski definition) is 5. The number of piperazine rings is 1. The molecular weight excluding hydrogens is 388 g/mol. The highest BCUT2D eigenvalue weighted by Crippen LogP contribution is 2.24. The third-order valence-electron chi connectivity index (χ3n) is 5.72. The molecule has 0 bridgehead atoms. The number of urea groups is 1. The van der Waals surface area contributed by atoms with E-state index in [0.29, 0.717) is 24.2 Å². The van der Waals surface area contributed by atoms with E-state index >= 15 is 0 Å². The van der Waals surface area contributed by atoms with Crippen LogP contribution < -0.4 is 15.1 Å². The number of benzene rings is 1. The van der Waals surface area contributed by atoms with Crippen LogP contribution in [0, 0.1) is 0 Å². The minimum absolute atomic E-state index is 0.0903. The van der Waals surface area contributed by atoms with Gasteiger partial charge in [0.2, 0.25) is 0 Å². The van der Waals surface area contributed by atoms with Crippen molar-refractivity contribution in [3.05, 3.63) is 41.4 Å². The molecule has 154 valence electrons. The summed E-state index contributed by atoms with van der Waals surface area (Å²) in [6.45, 7) is 6.07. The molecule has 4 rings (SSSR count). The van der Waals surface area contributed by atoms with E-state index in [-0.39, 0.29) is 6.03 Å². The first-order valence-corrected chi connectivity index (χ1v) is 10.6. The van der Waals surface area contributed by atoms with E-state index in [4.69, 9.17) is 11.6 Å². The van der Waals surface area contributed by atoms with Gasteiger partial charge in [0.1, 0.15) is 0 Å². The van der Waals surface area contributed by atoms with Crippen molar-refractivity contribution >= 4 is 35.0 Å². The number of anilines is 3. The van der Waals surface area contributed by atoms with Crippen molar-refractivity contribution in [3.8, 4) is 0 Å². The fourth-order valence-electron chi connectivity index (χ4n) is 3.95. The van der Waals surface area contributed by atoms with Crippen molar-refractivity contribution in [1.82, 2.24) is 15.1 Å². The molecule has 0 aliphatic carbocycles. The first-order valence-electron chi connectivity index (χ1n) is 10.3. The van der Waals surface area contributed by atoms with Crippen LogP contribution in [-0.4, -0.2) is 59.9 Å². The SMILES string of the molecule is CC1CCCCN1c1ccc(N2CCN(C(=O)Nc3ccc(Cl)cc3)CC2)nn1. The molecule has 29 heavy (non-hydrogen) atoms. The maximum Gasteiger partial charge on any atom is 0.321 e. The van der Waals surface area contributed by atoms with E-state index < -0.39 is 0 Å². The largest absolute Gasteiger partial charge is 0.352 e. The molecule has 1 N–H and O–H groups in total. The molecule has 2 aliphatic heterocycles. The second-order valence-electron chi connectivity index (χ2n) is 7.70. The smallest absolute Gasteiger partial charge is 0.321 e. The highest BCUT2D eigenvalue weighted by Gasteiger charge is 2.23. The van der Waals surface area contributed by atoms with E-state index in [1.165, 1.54) is 19.3 Å². The second kappa shape index (κ2) is 8.86. The molecule has 1 unspecified atom stereocenters. The third kappa shape index (κ3) is 4.72. The number of amides is 2. The molecule has 2 amide bonds. The van der Waals surface area contributed by atoms with Crippen molar-refractivity contribution in [3.63, 3.8) is 0 Å². The number of halogens is 1. The van der Waals surface area contributed by atoms with Gasteiger partial charge >= 0.3 is 6.03 Å². The summed E-state index contributed by atoms with van der Waals surface area (Å²) in [4.78, 5) is 18.8. The summed E-state index contributed by atoms with van der Waals surface area (Å²) in [6, 6.07) is 11.7. The number of nitrogens with one attached hydrogen (secondary N) is 1. The number of carbonyl (C=O) groups excluding carboxylic acids is 1. The van der Waals surface area contributed by atoms with Gasteiger partial charge in [0.15, 0.2) is 11.6 Å². The molecular formula is C21H27ClN6O. The lowest BCUT2D eigenvalue weighted by atomic mass is 10.0. The molecule has 1 atom stereocenters. The zero-order valence-corrected chi connectivity index (χ0v) is 17.5. The van der Waals surface area contributed by atoms with Crippen molar-refractivity contribution in [1.29, 1.82) is 0 Å². The minimum Gasteiger partial charge on any atom is -0.352 e. The minimum atomic E-state index is -0.0903. The Morgan fingerprint density at radius 1 is 0.966 bits per heavy atom. The Kier molecular flexibility index (Phi) is 6.04. The lowest BCUT2D eigenvalue weighted by molar-refractivity contribution is 0.208. The van der Waals surface area contributed by atoms with Gasteiger partial charge < -0.3 is 20.0 Å². The molecule has 2 aromatic rings. The van der Waals surface area contributed by atoms with E-state index in [9.17, 15) is 4.79 Å². The van der Waals surface area contributed by atoms with Gasteiger partial charge in [0, 0.05) is 49.5 Å². The summed E-state index contributed by atoms with van der Waals surface area (Å²) < 4.78 is 0. The molecule has 2 saturated heterocycles. The van der Waals surface area contributed by atoms with Crippen molar-refractivity contribution < 1.29 is 4.79 Å². The average molecular weight is 415 g/mol. The van der Waals surface area contributed by atoms with Gasteiger partial charge in [-0.3, -0.25) is 0 Å². The van der Waals surface area contributed by atoms with Crippen LogP contribution in [0.15, 0.2) is 36.4 Å².